The Morgan fingerprint density at radius 1 is 1.38 bits per heavy atom. The van der Waals surface area contributed by atoms with Gasteiger partial charge in [-0.05, 0) is 18.9 Å². The van der Waals surface area contributed by atoms with E-state index < -0.39 is 0 Å². The fourth-order valence-corrected chi connectivity index (χ4v) is 2.27. The van der Waals surface area contributed by atoms with Gasteiger partial charge in [-0.15, -0.1) is 5.10 Å². The maximum Gasteiger partial charge on any atom is 0.273 e. The van der Waals surface area contributed by atoms with Crippen molar-refractivity contribution < 1.29 is 4.79 Å². The molecule has 1 N–H and O–H groups in total. The molecule has 0 radical (unpaired) electrons. The monoisotopic (exact) mass is 287 g/mol. The molecule has 8 nitrogen and oxygen atoms in total. The average molecular weight is 287 g/mol. The minimum atomic E-state index is -0.260. The Labute approximate surface area is 122 Å². The second-order valence-corrected chi connectivity index (χ2v) is 5.00. The Morgan fingerprint density at radius 3 is 2.90 bits per heavy atom. The summed E-state index contributed by atoms with van der Waals surface area (Å²) in [6.07, 6.45) is 5.66. The van der Waals surface area contributed by atoms with Crippen LogP contribution >= 0.6 is 0 Å². The van der Waals surface area contributed by atoms with Crippen LogP contribution in [0, 0.1) is 0 Å². The maximum atomic E-state index is 11.9. The first-order valence-electron chi connectivity index (χ1n) is 6.94. The molecule has 1 aliphatic rings. The molecule has 110 valence electrons. The lowest BCUT2D eigenvalue weighted by Gasteiger charge is -2.15. The normalized spacial score (nSPS) is 14.4. The number of aryl methyl sites for hydroxylation is 1. The summed E-state index contributed by atoms with van der Waals surface area (Å²) in [6, 6.07) is 1.80. The van der Waals surface area contributed by atoms with E-state index in [0.29, 0.717) is 12.2 Å². The van der Waals surface area contributed by atoms with Crippen LogP contribution in [0.1, 0.15) is 29.0 Å². The molecule has 1 amide bonds. The van der Waals surface area contributed by atoms with E-state index in [2.05, 4.69) is 30.5 Å². The van der Waals surface area contributed by atoms with E-state index in [0.717, 1.165) is 24.7 Å². The molecule has 21 heavy (non-hydrogen) atoms. The van der Waals surface area contributed by atoms with Gasteiger partial charge in [-0.2, -0.15) is 0 Å². The summed E-state index contributed by atoms with van der Waals surface area (Å²) in [4.78, 5) is 22.8. The highest BCUT2D eigenvalue weighted by molar-refractivity contribution is 5.91. The van der Waals surface area contributed by atoms with E-state index in [1.54, 1.807) is 25.5 Å². The van der Waals surface area contributed by atoms with Gasteiger partial charge in [0.25, 0.3) is 5.91 Å². The number of hydrogen-bond donors (Lipinski definition) is 1. The number of carbonyl (C=O) groups is 1. The van der Waals surface area contributed by atoms with Crippen LogP contribution in [0.15, 0.2) is 18.5 Å². The Kier molecular flexibility index (Phi) is 3.76. The molecule has 0 unspecified atom stereocenters. The predicted molar refractivity (Wildman–Crippen MR) is 75.7 cm³/mol. The number of aromatic nitrogens is 5. The van der Waals surface area contributed by atoms with Crippen LogP contribution in [0.3, 0.4) is 0 Å². The molecule has 0 aliphatic carbocycles. The molecule has 1 aliphatic heterocycles. The topological polar surface area (TPSA) is 88.8 Å². The van der Waals surface area contributed by atoms with Gasteiger partial charge in [0, 0.05) is 26.3 Å². The first-order chi connectivity index (χ1) is 10.2. The van der Waals surface area contributed by atoms with E-state index in [1.807, 2.05) is 0 Å². The highest BCUT2D eigenvalue weighted by atomic mass is 16.2. The van der Waals surface area contributed by atoms with Gasteiger partial charge in [0.05, 0.1) is 18.4 Å². The second kappa shape index (κ2) is 5.86. The van der Waals surface area contributed by atoms with Crippen LogP contribution in [0.5, 0.6) is 0 Å². The van der Waals surface area contributed by atoms with Crippen molar-refractivity contribution in [2.24, 2.45) is 7.05 Å². The summed E-state index contributed by atoms with van der Waals surface area (Å²) in [5.41, 5.74) is 1.08. The van der Waals surface area contributed by atoms with Gasteiger partial charge in [-0.1, -0.05) is 5.21 Å². The second-order valence-electron chi connectivity index (χ2n) is 5.00. The molecule has 0 aromatic carbocycles. The summed E-state index contributed by atoms with van der Waals surface area (Å²) < 4.78 is 1.49. The summed E-state index contributed by atoms with van der Waals surface area (Å²) in [5.74, 6) is 0.475. The number of amides is 1. The summed E-state index contributed by atoms with van der Waals surface area (Å²) in [6.45, 7) is 2.34. The Hall–Kier alpha value is -2.51. The molecule has 1 saturated heterocycles. The largest absolute Gasteiger partial charge is 0.345 e. The molecule has 8 heteroatoms. The maximum absolute atomic E-state index is 11.9. The molecule has 0 bridgehead atoms. The first kappa shape index (κ1) is 13.5. The first-order valence-corrected chi connectivity index (χ1v) is 6.94. The zero-order valence-electron chi connectivity index (χ0n) is 11.9. The number of hydrogen-bond acceptors (Lipinski definition) is 6. The van der Waals surface area contributed by atoms with Crippen molar-refractivity contribution in [3.8, 4) is 0 Å². The average Bonchev–Trinajstić information content (AvgIpc) is 3.16. The fourth-order valence-electron chi connectivity index (χ4n) is 2.27. The van der Waals surface area contributed by atoms with E-state index in [-0.39, 0.29) is 5.91 Å². The van der Waals surface area contributed by atoms with Gasteiger partial charge < -0.3 is 10.2 Å². The van der Waals surface area contributed by atoms with Gasteiger partial charge in [-0.3, -0.25) is 9.48 Å². The van der Waals surface area contributed by atoms with Gasteiger partial charge in [-0.25, -0.2) is 9.97 Å². The van der Waals surface area contributed by atoms with E-state index >= 15 is 0 Å². The number of nitrogens with one attached hydrogen (secondary N) is 1. The van der Waals surface area contributed by atoms with Crippen LogP contribution in [0.2, 0.25) is 0 Å². The molecule has 0 atom stereocenters. The molecule has 1 fully saturated rings. The van der Waals surface area contributed by atoms with Crippen molar-refractivity contribution >= 4 is 11.9 Å². The van der Waals surface area contributed by atoms with Crippen molar-refractivity contribution in [1.82, 2.24) is 30.3 Å². The lowest BCUT2D eigenvalue weighted by Crippen LogP contribution is -2.25. The predicted octanol–water partition coefficient (Wildman–Crippen LogP) is 0.135. The zero-order chi connectivity index (χ0) is 14.7. The third kappa shape index (κ3) is 3.15. The SMILES string of the molecule is Cn1cc(C(=O)NCc2ccnc(N3CCCC3)n2)nn1. The molecule has 2 aromatic heterocycles. The van der Waals surface area contributed by atoms with Gasteiger partial charge >= 0.3 is 0 Å². The van der Waals surface area contributed by atoms with E-state index in [4.69, 9.17) is 0 Å². The highest BCUT2D eigenvalue weighted by Crippen LogP contribution is 2.15. The van der Waals surface area contributed by atoms with Gasteiger partial charge in [0.2, 0.25) is 5.95 Å². The van der Waals surface area contributed by atoms with Gasteiger partial charge in [0.1, 0.15) is 0 Å². The fraction of sp³-hybridized carbons (Fsp3) is 0.462. The zero-order valence-corrected chi connectivity index (χ0v) is 11.9. The van der Waals surface area contributed by atoms with Crippen molar-refractivity contribution in [2.75, 3.05) is 18.0 Å². The van der Waals surface area contributed by atoms with Crippen LogP contribution in [0.25, 0.3) is 0 Å². The van der Waals surface area contributed by atoms with E-state index in [1.165, 1.54) is 17.5 Å². The van der Waals surface area contributed by atoms with Crippen molar-refractivity contribution in [3.63, 3.8) is 0 Å². The minimum absolute atomic E-state index is 0.260. The van der Waals surface area contributed by atoms with Crippen LogP contribution in [0.4, 0.5) is 5.95 Å². The number of nitrogens with zero attached hydrogens (tertiary/aromatic N) is 6. The van der Waals surface area contributed by atoms with Gasteiger partial charge in [0.15, 0.2) is 5.69 Å². The number of rotatable bonds is 4. The third-order valence-electron chi connectivity index (χ3n) is 3.35. The molecular weight excluding hydrogens is 270 g/mol. The summed E-state index contributed by atoms with van der Waals surface area (Å²) in [5, 5.41) is 10.3. The Balaban J connectivity index is 1.62. The molecule has 0 saturated carbocycles. The highest BCUT2D eigenvalue weighted by Gasteiger charge is 2.15. The van der Waals surface area contributed by atoms with Crippen LogP contribution in [-0.2, 0) is 13.6 Å². The summed E-state index contributed by atoms with van der Waals surface area (Å²) >= 11 is 0. The molecule has 0 spiro atoms. The standard InChI is InChI=1S/C13H17N7O/c1-19-9-11(17-18-19)12(21)15-8-10-4-5-14-13(16-10)20-6-2-3-7-20/h4-5,9H,2-3,6-8H2,1H3,(H,15,21). The van der Waals surface area contributed by atoms with Crippen LogP contribution < -0.4 is 10.2 Å². The lowest BCUT2D eigenvalue weighted by atomic mass is 10.3. The minimum Gasteiger partial charge on any atom is -0.345 e. The Bertz CT molecular complexity index is 633. The van der Waals surface area contributed by atoms with E-state index in [9.17, 15) is 4.79 Å². The summed E-state index contributed by atoms with van der Waals surface area (Å²) in [7, 11) is 1.72. The van der Waals surface area contributed by atoms with Crippen LogP contribution in [-0.4, -0.2) is 44.0 Å². The lowest BCUT2D eigenvalue weighted by molar-refractivity contribution is 0.0945. The van der Waals surface area contributed by atoms with Crippen molar-refractivity contribution in [2.45, 2.75) is 19.4 Å². The quantitative estimate of drug-likeness (QED) is 0.860. The van der Waals surface area contributed by atoms with Crippen molar-refractivity contribution in [1.29, 1.82) is 0 Å². The smallest absolute Gasteiger partial charge is 0.273 e. The molecule has 3 rings (SSSR count). The Morgan fingerprint density at radius 2 is 2.19 bits per heavy atom. The molecule has 3 heterocycles. The third-order valence-corrected chi connectivity index (χ3v) is 3.35. The number of carbonyl (C=O) groups excluding carboxylic acids is 1. The van der Waals surface area contributed by atoms with Crippen molar-refractivity contribution in [3.05, 3.63) is 29.8 Å². The number of anilines is 1. The molecular formula is C13H17N7O. The molecule has 2 aromatic rings.